The molecule has 0 unspecified atom stereocenters. The third-order valence-electron chi connectivity index (χ3n) is 7.55. The minimum Gasteiger partial charge on any atom is -0.497 e. The summed E-state index contributed by atoms with van der Waals surface area (Å²) in [7, 11) is 1.66. The molecule has 1 fully saturated rings. The Labute approximate surface area is 223 Å². The highest BCUT2D eigenvalue weighted by Crippen LogP contribution is 2.40. The number of unbranched alkanes of at least 4 members (excludes halogenated alkanes) is 5. The summed E-state index contributed by atoms with van der Waals surface area (Å²) in [6.45, 7) is 3.47. The largest absolute Gasteiger partial charge is 0.497 e. The molecule has 0 bridgehead atoms. The maximum absolute atomic E-state index is 13.4. The molecule has 1 atom stereocenters. The first-order valence-electron chi connectivity index (χ1n) is 13.5. The number of nitrogens with zero attached hydrogens (tertiary/aromatic N) is 1. The third-order valence-corrected chi connectivity index (χ3v) is 7.55. The number of furan rings is 1. The predicted molar refractivity (Wildman–Crippen MR) is 147 cm³/mol. The Balaban J connectivity index is 1.49. The standard InChI is InChI=1S/C30H36N4O4/c1-3-4-5-6-7-8-9-25-24-16-23(37-2)12-11-21(24)18-34(25)19-30(28(35)32-29(36)33-30)27-15-22-14-20(17-31)10-13-26(22)38-27/h9-16H,3-8,17-19,31H2,1-2H3,(H2,32,33,35,36)/b25-9-/t30-/m0/s1. The zero-order valence-corrected chi connectivity index (χ0v) is 22.1. The topological polar surface area (TPSA) is 110 Å². The quantitative estimate of drug-likeness (QED) is 0.240. The van der Waals surface area contributed by atoms with E-state index in [4.69, 9.17) is 14.9 Å². The van der Waals surface area contributed by atoms with E-state index in [9.17, 15) is 9.59 Å². The molecule has 4 N–H and O–H groups in total. The minimum atomic E-state index is -1.37. The van der Waals surface area contributed by atoms with Gasteiger partial charge in [0.1, 0.15) is 17.1 Å². The maximum Gasteiger partial charge on any atom is 0.322 e. The van der Waals surface area contributed by atoms with Crippen molar-refractivity contribution in [2.24, 2.45) is 5.73 Å². The Morgan fingerprint density at radius 2 is 1.95 bits per heavy atom. The predicted octanol–water partition coefficient (Wildman–Crippen LogP) is 5.15. The molecule has 38 heavy (non-hydrogen) atoms. The number of carbonyl (C=O) groups excluding carboxylic acids is 2. The van der Waals surface area contributed by atoms with Crippen LogP contribution in [0.4, 0.5) is 4.79 Å². The molecule has 3 amide bonds. The van der Waals surface area contributed by atoms with Crippen molar-refractivity contribution in [3.8, 4) is 5.75 Å². The maximum atomic E-state index is 13.4. The molecule has 2 aromatic carbocycles. The number of carbonyl (C=O) groups is 2. The molecule has 8 heteroatoms. The fraction of sp³-hybridized carbons (Fsp3) is 0.400. The average Bonchev–Trinajstić information content (AvgIpc) is 3.58. The number of methoxy groups -OCH3 is 1. The molecule has 1 saturated heterocycles. The number of imide groups is 1. The highest BCUT2D eigenvalue weighted by Gasteiger charge is 2.52. The molecule has 0 spiro atoms. The zero-order chi connectivity index (χ0) is 26.7. The normalized spacial score (nSPS) is 19.8. The summed E-state index contributed by atoms with van der Waals surface area (Å²) < 4.78 is 11.7. The van der Waals surface area contributed by atoms with Crippen molar-refractivity contribution in [2.45, 2.75) is 64.1 Å². The van der Waals surface area contributed by atoms with Crippen molar-refractivity contribution in [2.75, 3.05) is 13.7 Å². The number of rotatable bonds is 11. The van der Waals surface area contributed by atoms with E-state index < -0.39 is 17.5 Å². The van der Waals surface area contributed by atoms with Gasteiger partial charge in [0.25, 0.3) is 5.91 Å². The van der Waals surface area contributed by atoms with Crippen LogP contribution in [0.5, 0.6) is 5.75 Å². The summed E-state index contributed by atoms with van der Waals surface area (Å²) in [6.07, 6.45) is 9.19. The van der Waals surface area contributed by atoms with E-state index in [1.54, 1.807) is 7.11 Å². The summed E-state index contributed by atoms with van der Waals surface area (Å²) >= 11 is 0. The average molecular weight is 517 g/mol. The molecule has 2 aliphatic rings. The summed E-state index contributed by atoms with van der Waals surface area (Å²) in [6, 6.07) is 13.1. The second kappa shape index (κ2) is 10.9. The highest BCUT2D eigenvalue weighted by molar-refractivity contribution is 6.07. The lowest BCUT2D eigenvalue weighted by Gasteiger charge is -2.31. The highest BCUT2D eigenvalue weighted by atomic mass is 16.5. The van der Waals surface area contributed by atoms with E-state index in [0.29, 0.717) is 24.4 Å². The van der Waals surface area contributed by atoms with Crippen molar-refractivity contribution < 1.29 is 18.7 Å². The number of nitrogens with one attached hydrogen (secondary N) is 2. The summed E-state index contributed by atoms with van der Waals surface area (Å²) in [4.78, 5) is 28.0. The van der Waals surface area contributed by atoms with Crippen LogP contribution in [0.25, 0.3) is 16.7 Å². The second-order valence-electron chi connectivity index (χ2n) is 10.2. The molecule has 2 aliphatic heterocycles. The number of fused-ring (bicyclic) bond motifs is 2. The number of ether oxygens (including phenoxy) is 1. The monoisotopic (exact) mass is 516 g/mol. The molecule has 1 aromatic heterocycles. The first kappa shape index (κ1) is 25.9. The van der Waals surface area contributed by atoms with E-state index in [1.807, 2.05) is 36.4 Å². The van der Waals surface area contributed by atoms with Crippen LogP contribution in [0.15, 0.2) is 53.0 Å². The molecular formula is C30H36N4O4. The molecule has 5 rings (SSSR count). The first-order chi connectivity index (χ1) is 18.5. The van der Waals surface area contributed by atoms with Crippen LogP contribution < -0.4 is 21.1 Å². The van der Waals surface area contributed by atoms with Crippen molar-refractivity contribution >= 4 is 28.6 Å². The molecule has 0 aliphatic carbocycles. The number of allylic oxidation sites excluding steroid dienone is 1. The lowest BCUT2D eigenvalue weighted by molar-refractivity contribution is -0.125. The number of amides is 3. The van der Waals surface area contributed by atoms with Crippen LogP contribution in [-0.2, 0) is 23.4 Å². The van der Waals surface area contributed by atoms with Gasteiger partial charge in [0.15, 0.2) is 5.54 Å². The Bertz CT molecular complexity index is 1380. The Hall–Kier alpha value is -3.78. The molecule has 3 heterocycles. The van der Waals surface area contributed by atoms with Crippen molar-refractivity contribution in [3.63, 3.8) is 0 Å². The van der Waals surface area contributed by atoms with Gasteiger partial charge in [0.2, 0.25) is 0 Å². The number of hydrogen-bond donors (Lipinski definition) is 3. The van der Waals surface area contributed by atoms with E-state index in [0.717, 1.165) is 46.4 Å². The van der Waals surface area contributed by atoms with Crippen LogP contribution in [0.1, 0.15) is 67.9 Å². The number of urea groups is 1. The third kappa shape index (κ3) is 4.88. The lowest BCUT2D eigenvalue weighted by Crippen LogP contribution is -2.51. The van der Waals surface area contributed by atoms with Gasteiger partial charge in [-0.3, -0.25) is 10.1 Å². The van der Waals surface area contributed by atoms with Crippen LogP contribution in [0.3, 0.4) is 0 Å². The van der Waals surface area contributed by atoms with E-state index >= 15 is 0 Å². The van der Waals surface area contributed by atoms with Gasteiger partial charge in [-0.15, -0.1) is 0 Å². The molecule has 3 aromatic rings. The van der Waals surface area contributed by atoms with Crippen molar-refractivity contribution in [3.05, 3.63) is 71.0 Å². The van der Waals surface area contributed by atoms with Gasteiger partial charge in [0, 0.05) is 29.7 Å². The van der Waals surface area contributed by atoms with Gasteiger partial charge < -0.3 is 25.1 Å². The smallest absolute Gasteiger partial charge is 0.322 e. The fourth-order valence-electron chi connectivity index (χ4n) is 5.46. The molecule has 200 valence electrons. The van der Waals surface area contributed by atoms with E-state index in [1.165, 1.54) is 25.7 Å². The molecule has 0 saturated carbocycles. The van der Waals surface area contributed by atoms with Gasteiger partial charge >= 0.3 is 6.03 Å². The van der Waals surface area contributed by atoms with E-state index in [2.05, 4.69) is 34.6 Å². The Morgan fingerprint density at radius 1 is 1.11 bits per heavy atom. The number of benzene rings is 2. The fourth-order valence-corrected chi connectivity index (χ4v) is 5.46. The molecule has 8 nitrogen and oxygen atoms in total. The second-order valence-corrected chi connectivity index (χ2v) is 10.2. The van der Waals surface area contributed by atoms with Gasteiger partial charge in [0.05, 0.1) is 13.7 Å². The van der Waals surface area contributed by atoms with Gasteiger partial charge in [-0.2, -0.15) is 0 Å². The van der Waals surface area contributed by atoms with Crippen molar-refractivity contribution in [1.29, 1.82) is 0 Å². The van der Waals surface area contributed by atoms with Gasteiger partial charge in [-0.1, -0.05) is 50.8 Å². The Kier molecular flexibility index (Phi) is 7.42. The summed E-state index contributed by atoms with van der Waals surface area (Å²) in [5.41, 5.74) is 9.35. The van der Waals surface area contributed by atoms with Crippen LogP contribution >= 0.6 is 0 Å². The van der Waals surface area contributed by atoms with Crippen molar-refractivity contribution in [1.82, 2.24) is 15.5 Å². The number of hydrogen-bond acceptors (Lipinski definition) is 6. The van der Waals surface area contributed by atoms with Crippen LogP contribution in [-0.4, -0.2) is 30.5 Å². The number of nitrogens with two attached hydrogens (primary N) is 1. The zero-order valence-electron chi connectivity index (χ0n) is 22.1. The summed E-state index contributed by atoms with van der Waals surface area (Å²) in [5.74, 6) is 0.764. The first-order valence-corrected chi connectivity index (χ1v) is 13.5. The van der Waals surface area contributed by atoms with Gasteiger partial charge in [-0.25, -0.2) is 4.79 Å². The molecular weight excluding hydrogens is 480 g/mol. The van der Waals surface area contributed by atoms with Crippen LogP contribution in [0, 0.1) is 0 Å². The van der Waals surface area contributed by atoms with E-state index in [-0.39, 0.29) is 6.54 Å². The molecule has 0 radical (unpaired) electrons. The van der Waals surface area contributed by atoms with Crippen LogP contribution in [0.2, 0.25) is 0 Å². The Morgan fingerprint density at radius 3 is 2.68 bits per heavy atom. The minimum absolute atomic E-state index is 0.229. The van der Waals surface area contributed by atoms with Gasteiger partial charge in [-0.05, 0) is 54.3 Å². The summed E-state index contributed by atoms with van der Waals surface area (Å²) in [5, 5.41) is 6.18. The SMILES string of the molecule is CCCCCCC/C=C1/c2cc(OC)ccc2CN1C[C@@]1(c2cc3cc(CN)ccc3o2)NC(=O)NC1=O. The lowest BCUT2D eigenvalue weighted by atomic mass is 9.94.